The van der Waals surface area contributed by atoms with Crippen molar-refractivity contribution in [2.45, 2.75) is 6.92 Å². The normalized spacial score (nSPS) is 8.40. The molecule has 0 rings (SSSR count). The number of nitriles is 1. The molecule has 0 amide bonds. The average molecular weight is 142 g/mol. The number of hydrogen-bond donors (Lipinski definition) is 0. The number of esters is 1. The van der Waals surface area contributed by atoms with E-state index in [4.69, 9.17) is 5.26 Å². The first-order valence-corrected chi connectivity index (χ1v) is 2.73. The van der Waals surface area contributed by atoms with Crippen LogP contribution in [0.3, 0.4) is 0 Å². The molecule has 0 saturated carbocycles. The summed E-state index contributed by atoms with van der Waals surface area (Å²) in [7, 11) is 0. The Balaban J connectivity index is 3.15. The molecule has 0 spiro atoms. The topological polar surface area (TPSA) is 59.3 Å². The molecule has 0 unspecified atom stereocenters. The molecule has 0 aliphatic heterocycles. The van der Waals surface area contributed by atoms with Crippen molar-refractivity contribution in [1.29, 1.82) is 5.26 Å². The van der Waals surface area contributed by atoms with E-state index < -0.39 is 5.97 Å². The maximum absolute atomic E-state index is 10.4. The van der Waals surface area contributed by atoms with Crippen molar-refractivity contribution >= 4 is 5.97 Å². The summed E-state index contributed by atoms with van der Waals surface area (Å²) < 4.78 is 8.93. The summed E-state index contributed by atoms with van der Waals surface area (Å²) in [6, 6.07) is 1.72. The molecule has 0 atom stereocenters. The molecule has 4 nitrogen and oxygen atoms in total. The molecule has 0 aromatic rings. The number of carbonyl (C=O) groups excluding carboxylic acids is 1. The van der Waals surface area contributed by atoms with Crippen LogP contribution in [0.15, 0.2) is 0 Å². The third-order valence-electron chi connectivity index (χ3n) is 0.636. The minimum atomic E-state index is -0.488. The SMILES string of the molecule is C[CH]OC(=O)COCC#N. The molecular formula is C6H8NO3. The van der Waals surface area contributed by atoms with Crippen LogP contribution in [0.25, 0.3) is 0 Å². The fraction of sp³-hybridized carbons (Fsp3) is 0.500. The molecule has 4 heteroatoms. The van der Waals surface area contributed by atoms with E-state index in [1.807, 2.05) is 0 Å². The van der Waals surface area contributed by atoms with E-state index in [1.165, 1.54) is 6.61 Å². The Morgan fingerprint density at radius 1 is 1.80 bits per heavy atom. The van der Waals surface area contributed by atoms with Crippen molar-refractivity contribution in [3.8, 4) is 6.07 Å². The summed E-state index contributed by atoms with van der Waals surface area (Å²) in [5.74, 6) is -0.488. The van der Waals surface area contributed by atoms with Crippen LogP contribution in [0.5, 0.6) is 0 Å². The van der Waals surface area contributed by atoms with Crippen LogP contribution >= 0.6 is 0 Å². The van der Waals surface area contributed by atoms with E-state index in [1.54, 1.807) is 13.0 Å². The first kappa shape index (κ1) is 8.92. The molecule has 0 aromatic carbocycles. The van der Waals surface area contributed by atoms with Gasteiger partial charge in [-0.3, -0.25) is 0 Å². The van der Waals surface area contributed by atoms with Crippen molar-refractivity contribution in [1.82, 2.24) is 0 Å². The number of ether oxygens (including phenoxy) is 2. The fourth-order valence-corrected chi connectivity index (χ4v) is 0.345. The van der Waals surface area contributed by atoms with Crippen LogP contribution < -0.4 is 0 Å². The summed E-state index contributed by atoms with van der Waals surface area (Å²) >= 11 is 0. The van der Waals surface area contributed by atoms with E-state index in [9.17, 15) is 4.79 Å². The largest absolute Gasteiger partial charge is 0.457 e. The molecule has 0 aliphatic carbocycles. The summed E-state index contributed by atoms with van der Waals surface area (Å²) in [6.07, 6.45) is 0. The van der Waals surface area contributed by atoms with Gasteiger partial charge >= 0.3 is 5.97 Å². The first-order chi connectivity index (χ1) is 4.81. The third kappa shape index (κ3) is 5.06. The van der Waals surface area contributed by atoms with Gasteiger partial charge in [-0.05, 0) is 6.92 Å². The molecule has 1 radical (unpaired) electrons. The Hall–Kier alpha value is -1.08. The lowest BCUT2D eigenvalue weighted by Gasteiger charge is -1.98. The maximum atomic E-state index is 10.4. The molecule has 0 bridgehead atoms. The van der Waals surface area contributed by atoms with E-state index in [-0.39, 0.29) is 13.2 Å². The second kappa shape index (κ2) is 6.05. The van der Waals surface area contributed by atoms with Gasteiger partial charge in [-0.25, -0.2) is 4.79 Å². The van der Waals surface area contributed by atoms with Gasteiger partial charge in [0.05, 0.1) is 6.07 Å². The average Bonchev–Trinajstić information content (AvgIpc) is 1.89. The van der Waals surface area contributed by atoms with Gasteiger partial charge in [0.25, 0.3) is 0 Å². The quantitative estimate of drug-likeness (QED) is 0.417. The number of nitrogens with zero attached hydrogens (tertiary/aromatic N) is 1. The number of hydrogen-bond acceptors (Lipinski definition) is 4. The van der Waals surface area contributed by atoms with Crippen molar-refractivity contribution in [3.05, 3.63) is 6.61 Å². The molecule has 55 valence electrons. The lowest BCUT2D eigenvalue weighted by atomic mass is 10.7. The highest BCUT2D eigenvalue weighted by molar-refractivity contribution is 5.71. The van der Waals surface area contributed by atoms with Crippen LogP contribution in [-0.4, -0.2) is 19.2 Å². The Bertz CT molecular complexity index is 138. The van der Waals surface area contributed by atoms with Crippen molar-refractivity contribution in [2.24, 2.45) is 0 Å². The van der Waals surface area contributed by atoms with Gasteiger partial charge in [0.2, 0.25) is 0 Å². The van der Waals surface area contributed by atoms with Gasteiger partial charge in [-0.2, -0.15) is 5.26 Å². The summed E-state index contributed by atoms with van der Waals surface area (Å²) in [4.78, 5) is 10.4. The summed E-state index contributed by atoms with van der Waals surface area (Å²) in [6.45, 7) is 2.59. The number of rotatable bonds is 4. The molecule has 0 saturated heterocycles. The minimum absolute atomic E-state index is 0.0845. The Kier molecular flexibility index (Phi) is 5.39. The zero-order valence-electron chi connectivity index (χ0n) is 5.66. The van der Waals surface area contributed by atoms with Crippen LogP contribution in [0.2, 0.25) is 0 Å². The van der Waals surface area contributed by atoms with Gasteiger partial charge in [0, 0.05) is 0 Å². The van der Waals surface area contributed by atoms with Gasteiger partial charge < -0.3 is 9.47 Å². The first-order valence-electron chi connectivity index (χ1n) is 2.73. The summed E-state index contributed by atoms with van der Waals surface area (Å²) in [5.41, 5.74) is 0. The minimum Gasteiger partial charge on any atom is -0.457 e. The van der Waals surface area contributed by atoms with Crippen LogP contribution in [-0.2, 0) is 14.3 Å². The third-order valence-corrected chi connectivity index (χ3v) is 0.636. The van der Waals surface area contributed by atoms with Gasteiger partial charge in [-0.15, -0.1) is 0 Å². The van der Waals surface area contributed by atoms with Gasteiger partial charge in [0.1, 0.15) is 19.8 Å². The van der Waals surface area contributed by atoms with Crippen LogP contribution in [0.4, 0.5) is 0 Å². The second-order valence-electron chi connectivity index (χ2n) is 1.38. The van der Waals surface area contributed by atoms with E-state index >= 15 is 0 Å². The highest BCUT2D eigenvalue weighted by atomic mass is 16.6. The van der Waals surface area contributed by atoms with E-state index in [0.717, 1.165) is 0 Å². The zero-order valence-corrected chi connectivity index (χ0v) is 5.66. The van der Waals surface area contributed by atoms with E-state index in [0.29, 0.717) is 0 Å². The van der Waals surface area contributed by atoms with Gasteiger partial charge in [-0.1, -0.05) is 0 Å². The highest BCUT2D eigenvalue weighted by Crippen LogP contribution is 1.82. The maximum Gasteiger partial charge on any atom is 0.332 e. The van der Waals surface area contributed by atoms with Crippen molar-refractivity contribution in [2.75, 3.05) is 13.2 Å². The zero-order chi connectivity index (χ0) is 7.82. The lowest BCUT2D eigenvalue weighted by molar-refractivity contribution is -0.144. The monoisotopic (exact) mass is 142 g/mol. The fourth-order valence-electron chi connectivity index (χ4n) is 0.345. The lowest BCUT2D eigenvalue weighted by Crippen LogP contribution is -2.10. The molecular weight excluding hydrogens is 134 g/mol. The van der Waals surface area contributed by atoms with Crippen molar-refractivity contribution < 1.29 is 14.3 Å². The molecule has 10 heavy (non-hydrogen) atoms. The molecule has 0 aliphatic rings. The Labute approximate surface area is 59.3 Å². The molecule has 0 aromatic heterocycles. The predicted octanol–water partition coefficient (Wildman–Crippen LogP) is 0.251. The molecule has 0 heterocycles. The van der Waals surface area contributed by atoms with E-state index in [2.05, 4.69) is 9.47 Å². The van der Waals surface area contributed by atoms with Crippen LogP contribution in [0.1, 0.15) is 6.92 Å². The van der Waals surface area contributed by atoms with Crippen LogP contribution in [0, 0.1) is 17.9 Å². The van der Waals surface area contributed by atoms with Crippen molar-refractivity contribution in [3.63, 3.8) is 0 Å². The predicted molar refractivity (Wildman–Crippen MR) is 32.5 cm³/mol. The summed E-state index contributed by atoms with van der Waals surface area (Å²) in [5, 5.41) is 7.97. The second-order valence-corrected chi connectivity index (χ2v) is 1.38. The smallest absolute Gasteiger partial charge is 0.332 e. The Morgan fingerprint density at radius 3 is 3.00 bits per heavy atom. The Morgan fingerprint density at radius 2 is 2.50 bits per heavy atom. The standard InChI is InChI=1S/C6H8NO3/c1-2-10-6(8)5-9-4-3-7/h2H,4-5H2,1H3. The van der Waals surface area contributed by atoms with Gasteiger partial charge in [0.15, 0.2) is 0 Å². The molecule has 0 N–H and O–H groups in total. The highest BCUT2D eigenvalue weighted by Gasteiger charge is 1.99. The number of carbonyl (C=O) groups is 1. The molecule has 0 fully saturated rings.